The molecule has 0 atom stereocenters. The highest BCUT2D eigenvalue weighted by Crippen LogP contribution is 2.33. The number of piperidine rings is 1. The van der Waals surface area contributed by atoms with Gasteiger partial charge in [-0.3, -0.25) is 4.79 Å². The number of likely N-dealkylation sites (tertiary alicyclic amines) is 1. The number of rotatable bonds is 4. The van der Waals surface area contributed by atoms with Crippen molar-refractivity contribution in [3.8, 4) is 0 Å². The lowest BCUT2D eigenvalue weighted by Crippen LogP contribution is -2.42. The Hall–Kier alpha value is -3.13. The SMILES string of the molecule is Cc1nn(C2CCN(C(=O)OC(C)(C)C)CC2)c2ncc(C(=O)Nc3ccc(C(C)C)cc3)c(Cl)c12. The summed E-state index contributed by atoms with van der Waals surface area (Å²) in [6.45, 7) is 12.9. The van der Waals surface area contributed by atoms with E-state index in [-0.39, 0.29) is 18.0 Å². The first-order chi connectivity index (χ1) is 16.9. The fraction of sp³-hybridized carbons (Fsp3) is 0.481. The van der Waals surface area contributed by atoms with Crippen molar-refractivity contribution < 1.29 is 14.3 Å². The molecule has 9 heteroatoms. The molecule has 1 aliphatic heterocycles. The summed E-state index contributed by atoms with van der Waals surface area (Å²) < 4.78 is 7.38. The molecule has 36 heavy (non-hydrogen) atoms. The number of anilines is 1. The Kier molecular flexibility index (Phi) is 7.27. The maximum Gasteiger partial charge on any atom is 0.410 e. The number of nitrogens with zero attached hydrogens (tertiary/aromatic N) is 4. The minimum absolute atomic E-state index is 0.0719. The number of aromatic nitrogens is 3. The molecule has 0 radical (unpaired) electrons. The van der Waals surface area contributed by atoms with E-state index in [0.717, 1.165) is 12.8 Å². The Morgan fingerprint density at radius 3 is 2.36 bits per heavy atom. The quantitative estimate of drug-likeness (QED) is 0.441. The van der Waals surface area contributed by atoms with Crippen LogP contribution in [0, 0.1) is 6.92 Å². The fourth-order valence-electron chi connectivity index (χ4n) is 4.42. The van der Waals surface area contributed by atoms with Gasteiger partial charge in [0.1, 0.15) is 5.60 Å². The van der Waals surface area contributed by atoms with Crippen LogP contribution < -0.4 is 5.32 Å². The summed E-state index contributed by atoms with van der Waals surface area (Å²) in [5.74, 6) is 0.101. The molecule has 3 aromatic rings. The number of fused-ring (bicyclic) bond motifs is 1. The number of hydrogen-bond donors (Lipinski definition) is 1. The maximum absolute atomic E-state index is 13.0. The molecule has 192 valence electrons. The summed E-state index contributed by atoms with van der Waals surface area (Å²) in [7, 11) is 0. The second-order valence-corrected chi connectivity index (χ2v) is 11.0. The van der Waals surface area contributed by atoms with Gasteiger partial charge in [0.2, 0.25) is 0 Å². The first kappa shape index (κ1) is 25.9. The van der Waals surface area contributed by atoms with E-state index in [9.17, 15) is 9.59 Å². The van der Waals surface area contributed by atoms with Gasteiger partial charge in [0.25, 0.3) is 5.91 Å². The number of carbonyl (C=O) groups is 2. The van der Waals surface area contributed by atoms with E-state index < -0.39 is 5.60 Å². The lowest BCUT2D eigenvalue weighted by atomic mass is 10.0. The zero-order valence-electron chi connectivity index (χ0n) is 21.8. The van der Waals surface area contributed by atoms with Crippen molar-refractivity contribution in [2.75, 3.05) is 18.4 Å². The highest BCUT2D eigenvalue weighted by molar-refractivity contribution is 6.39. The van der Waals surface area contributed by atoms with Crippen molar-refractivity contribution in [3.63, 3.8) is 0 Å². The molecule has 1 aromatic carbocycles. The van der Waals surface area contributed by atoms with Gasteiger partial charge in [0, 0.05) is 25.0 Å². The molecule has 3 heterocycles. The number of nitrogens with one attached hydrogen (secondary N) is 1. The Labute approximate surface area is 217 Å². The second kappa shape index (κ2) is 10.1. The van der Waals surface area contributed by atoms with Gasteiger partial charge in [0.15, 0.2) is 5.65 Å². The van der Waals surface area contributed by atoms with Crippen LogP contribution in [0.5, 0.6) is 0 Å². The van der Waals surface area contributed by atoms with Crippen LogP contribution >= 0.6 is 11.6 Å². The minimum Gasteiger partial charge on any atom is -0.444 e. The van der Waals surface area contributed by atoms with E-state index in [4.69, 9.17) is 21.4 Å². The highest BCUT2D eigenvalue weighted by Gasteiger charge is 2.30. The van der Waals surface area contributed by atoms with Gasteiger partial charge in [0.05, 0.1) is 27.7 Å². The molecule has 1 N–H and O–H groups in total. The number of ether oxygens (including phenoxy) is 1. The van der Waals surface area contributed by atoms with Crippen molar-refractivity contribution in [2.24, 2.45) is 0 Å². The molecule has 8 nitrogen and oxygen atoms in total. The van der Waals surface area contributed by atoms with Crippen molar-refractivity contribution in [2.45, 2.75) is 71.9 Å². The number of halogens is 1. The Morgan fingerprint density at radius 1 is 1.14 bits per heavy atom. The summed E-state index contributed by atoms with van der Waals surface area (Å²) in [6.07, 6.45) is 2.67. The highest BCUT2D eigenvalue weighted by atomic mass is 35.5. The van der Waals surface area contributed by atoms with Crippen LogP contribution in [0.3, 0.4) is 0 Å². The maximum atomic E-state index is 13.0. The fourth-order valence-corrected chi connectivity index (χ4v) is 4.77. The zero-order valence-corrected chi connectivity index (χ0v) is 22.5. The molecule has 0 unspecified atom stereocenters. The number of aryl methyl sites for hydroxylation is 1. The minimum atomic E-state index is -0.522. The van der Waals surface area contributed by atoms with Crippen molar-refractivity contribution in [3.05, 3.63) is 52.3 Å². The standard InChI is InChI=1S/C27H34ClN5O3/c1-16(2)18-7-9-19(10-8-18)30-25(34)21-15-29-24-22(23(21)28)17(3)31-33(24)20-11-13-32(14-12-20)26(35)36-27(4,5)6/h7-10,15-16,20H,11-14H2,1-6H3,(H,30,34). The van der Waals surface area contributed by atoms with Crippen molar-refractivity contribution in [1.82, 2.24) is 19.7 Å². The molecule has 2 aromatic heterocycles. The molecule has 0 saturated carbocycles. The number of hydrogen-bond acceptors (Lipinski definition) is 5. The van der Waals surface area contributed by atoms with Gasteiger partial charge in [-0.25, -0.2) is 14.5 Å². The van der Waals surface area contributed by atoms with Crippen LogP contribution in [-0.2, 0) is 4.74 Å². The predicted octanol–water partition coefficient (Wildman–Crippen LogP) is 6.34. The number of benzene rings is 1. The molecule has 1 aliphatic rings. The predicted molar refractivity (Wildman–Crippen MR) is 142 cm³/mol. The zero-order chi connectivity index (χ0) is 26.2. The third kappa shape index (κ3) is 5.48. The summed E-state index contributed by atoms with van der Waals surface area (Å²) in [6, 6.07) is 7.86. The van der Waals surface area contributed by atoms with E-state index in [1.54, 1.807) is 4.90 Å². The summed E-state index contributed by atoms with van der Waals surface area (Å²) in [5.41, 5.74) is 3.04. The van der Waals surface area contributed by atoms with Crippen LogP contribution in [0.1, 0.15) is 81.0 Å². The molecule has 2 amide bonds. The first-order valence-corrected chi connectivity index (χ1v) is 12.7. The Bertz CT molecular complexity index is 1270. The molecule has 0 spiro atoms. The van der Waals surface area contributed by atoms with E-state index in [1.165, 1.54) is 11.8 Å². The molecule has 0 bridgehead atoms. The third-order valence-electron chi connectivity index (χ3n) is 6.37. The first-order valence-electron chi connectivity index (χ1n) is 12.4. The number of amides is 2. The molecule has 1 saturated heterocycles. The van der Waals surface area contributed by atoms with E-state index in [2.05, 4.69) is 24.1 Å². The van der Waals surface area contributed by atoms with E-state index in [1.807, 2.05) is 56.6 Å². The van der Waals surface area contributed by atoms with Crippen LogP contribution in [0.25, 0.3) is 11.0 Å². The number of carbonyl (C=O) groups excluding carboxylic acids is 2. The monoisotopic (exact) mass is 511 g/mol. The van der Waals surface area contributed by atoms with Gasteiger partial charge in [-0.05, 0) is 64.2 Å². The molecular formula is C27H34ClN5O3. The molecule has 4 rings (SSSR count). The van der Waals surface area contributed by atoms with Crippen LogP contribution in [0.2, 0.25) is 5.02 Å². The molecule has 1 fully saturated rings. The largest absolute Gasteiger partial charge is 0.444 e. The van der Waals surface area contributed by atoms with Crippen LogP contribution in [0.15, 0.2) is 30.5 Å². The second-order valence-electron chi connectivity index (χ2n) is 10.6. The van der Waals surface area contributed by atoms with Crippen LogP contribution in [-0.4, -0.2) is 50.4 Å². The molecular weight excluding hydrogens is 478 g/mol. The molecule has 0 aliphatic carbocycles. The van der Waals surface area contributed by atoms with Gasteiger partial charge in [-0.1, -0.05) is 37.6 Å². The average molecular weight is 512 g/mol. The smallest absolute Gasteiger partial charge is 0.410 e. The van der Waals surface area contributed by atoms with Gasteiger partial charge >= 0.3 is 6.09 Å². The van der Waals surface area contributed by atoms with E-state index >= 15 is 0 Å². The topological polar surface area (TPSA) is 89.3 Å². The summed E-state index contributed by atoms with van der Waals surface area (Å²) in [4.78, 5) is 31.7. The average Bonchev–Trinajstić information content (AvgIpc) is 3.15. The van der Waals surface area contributed by atoms with Crippen LogP contribution in [0.4, 0.5) is 10.5 Å². The van der Waals surface area contributed by atoms with Crippen molar-refractivity contribution in [1.29, 1.82) is 0 Å². The van der Waals surface area contributed by atoms with E-state index in [0.29, 0.717) is 52.0 Å². The lowest BCUT2D eigenvalue weighted by Gasteiger charge is -2.33. The number of pyridine rings is 1. The van der Waals surface area contributed by atoms with Crippen molar-refractivity contribution >= 4 is 40.3 Å². The normalized spacial score (nSPS) is 14.9. The Balaban J connectivity index is 1.51. The Morgan fingerprint density at radius 2 is 1.78 bits per heavy atom. The third-order valence-corrected chi connectivity index (χ3v) is 6.77. The van der Waals surface area contributed by atoms with Gasteiger partial charge in [-0.2, -0.15) is 5.10 Å². The summed E-state index contributed by atoms with van der Waals surface area (Å²) in [5, 5.41) is 8.64. The van der Waals surface area contributed by atoms with Gasteiger partial charge in [-0.15, -0.1) is 0 Å². The van der Waals surface area contributed by atoms with Gasteiger partial charge < -0.3 is 15.0 Å². The lowest BCUT2D eigenvalue weighted by molar-refractivity contribution is 0.0186. The summed E-state index contributed by atoms with van der Waals surface area (Å²) >= 11 is 6.73.